The van der Waals surface area contributed by atoms with Crippen molar-refractivity contribution >= 4 is 27.9 Å². The number of hydrogen-bond donors (Lipinski definition) is 0. The van der Waals surface area contributed by atoms with Gasteiger partial charge in [-0.2, -0.15) is 10.5 Å². The first kappa shape index (κ1) is 20.1. The third-order valence-electron chi connectivity index (χ3n) is 5.62. The van der Waals surface area contributed by atoms with Gasteiger partial charge < -0.3 is 9.30 Å². The zero-order valence-electron chi connectivity index (χ0n) is 18.0. The van der Waals surface area contributed by atoms with Crippen molar-refractivity contribution in [2.24, 2.45) is 0 Å². The van der Waals surface area contributed by atoms with Gasteiger partial charge in [0, 0.05) is 22.0 Å². The predicted molar refractivity (Wildman–Crippen MR) is 131 cm³/mol. The highest BCUT2D eigenvalue weighted by atomic mass is 16.5. The molecule has 2 heterocycles. The van der Waals surface area contributed by atoms with Crippen LogP contribution in [0.25, 0.3) is 33.6 Å². The minimum Gasteiger partial charge on any atom is -0.462 e. The lowest BCUT2D eigenvalue weighted by molar-refractivity contribution is 0.318. The van der Waals surface area contributed by atoms with Crippen molar-refractivity contribution in [1.82, 2.24) is 4.57 Å². The Hall–Kier alpha value is -4.80. The molecular formula is C29H19N3O. The second-order valence-corrected chi connectivity index (χ2v) is 7.75. The summed E-state index contributed by atoms with van der Waals surface area (Å²) in [5.74, 6) is 1.22. The Morgan fingerprint density at radius 2 is 1.39 bits per heavy atom. The SMILES string of the molecule is CC1=CC(=C(C#N)C#N)C=C(/C=C/c2ccc(-n3c4ccccc4c4ccccc43)cc2)O1. The first-order valence-corrected chi connectivity index (χ1v) is 10.6. The molecule has 1 aromatic heterocycles. The Balaban J connectivity index is 1.48. The van der Waals surface area contributed by atoms with Gasteiger partial charge in [0.25, 0.3) is 0 Å². The fraction of sp³-hybridized carbons (Fsp3) is 0.0345. The van der Waals surface area contributed by atoms with E-state index in [2.05, 4.69) is 77.4 Å². The van der Waals surface area contributed by atoms with Crippen LogP contribution in [0.15, 0.2) is 114 Å². The number of benzene rings is 3. The molecule has 0 atom stereocenters. The Bertz CT molecular complexity index is 1530. The zero-order chi connectivity index (χ0) is 22.8. The Morgan fingerprint density at radius 1 is 0.788 bits per heavy atom. The molecule has 0 fully saturated rings. The van der Waals surface area contributed by atoms with E-state index in [0.717, 1.165) is 11.3 Å². The number of ether oxygens (including phenoxy) is 1. The van der Waals surface area contributed by atoms with Gasteiger partial charge in [-0.15, -0.1) is 0 Å². The van der Waals surface area contributed by atoms with Gasteiger partial charge in [-0.1, -0.05) is 54.6 Å². The second-order valence-electron chi connectivity index (χ2n) is 7.75. The molecule has 0 saturated carbocycles. The first-order valence-electron chi connectivity index (χ1n) is 10.6. The quantitative estimate of drug-likeness (QED) is 0.333. The van der Waals surface area contributed by atoms with E-state index in [0.29, 0.717) is 17.1 Å². The van der Waals surface area contributed by atoms with Gasteiger partial charge in [-0.3, -0.25) is 0 Å². The molecule has 0 bridgehead atoms. The maximum absolute atomic E-state index is 9.15. The van der Waals surface area contributed by atoms with Crippen LogP contribution < -0.4 is 0 Å². The van der Waals surface area contributed by atoms with Gasteiger partial charge in [-0.25, -0.2) is 0 Å². The fourth-order valence-electron chi connectivity index (χ4n) is 4.15. The third kappa shape index (κ3) is 3.71. The molecule has 5 rings (SSSR count). The van der Waals surface area contributed by atoms with E-state index in [4.69, 9.17) is 15.3 Å². The summed E-state index contributed by atoms with van der Waals surface area (Å²) in [7, 11) is 0. The lowest BCUT2D eigenvalue weighted by Gasteiger charge is -2.13. The normalized spacial score (nSPS) is 13.4. The molecular weight excluding hydrogens is 406 g/mol. The van der Waals surface area contributed by atoms with E-state index in [1.807, 2.05) is 24.3 Å². The summed E-state index contributed by atoms with van der Waals surface area (Å²) in [5.41, 5.74) is 5.09. The van der Waals surface area contributed by atoms with Gasteiger partial charge in [0.15, 0.2) is 0 Å². The lowest BCUT2D eigenvalue weighted by Crippen LogP contribution is -1.97. The molecule has 0 saturated heterocycles. The molecule has 1 aliphatic heterocycles. The highest BCUT2D eigenvalue weighted by molar-refractivity contribution is 6.09. The molecule has 4 heteroatoms. The summed E-state index contributed by atoms with van der Waals surface area (Å²) in [4.78, 5) is 0. The van der Waals surface area contributed by atoms with E-state index < -0.39 is 0 Å². The molecule has 0 spiro atoms. The number of fused-ring (bicyclic) bond motifs is 3. The molecule has 1 aliphatic rings. The van der Waals surface area contributed by atoms with Crippen LogP contribution in [-0.4, -0.2) is 4.57 Å². The van der Waals surface area contributed by atoms with E-state index in [-0.39, 0.29) is 5.57 Å². The molecule has 156 valence electrons. The average molecular weight is 425 g/mol. The summed E-state index contributed by atoms with van der Waals surface area (Å²) in [6.45, 7) is 1.80. The van der Waals surface area contributed by atoms with Crippen molar-refractivity contribution in [3.63, 3.8) is 0 Å². The van der Waals surface area contributed by atoms with Crippen LogP contribution in [0.1, 0.15) is 12.5 Å². The number of para-hydroxylation sites is 2. The monoisotopic (exact) mass is 425 g/mol. The molecule has 0 amide bonds. The van der Waals surface area contributed by atoms with Crippen molar-refractivity contribution in [2.45, 2.75) is 6.92 Å². The standard InChI is InChI=1S/C29H19N3O/c1-20-16-22(23(18-30)19-31)17-25(33-20)15-12-21-10-13-24(14-11-21)32-28-8-4-2-6-26(28)27-7-3-5-9-29(27)32/h2-17H,1H3/b15-12+. The number of nitriles is 2. The number of rotatable bonds is 3. The molecule has 0 unspecified atom stereocenters. The first-order chi connectivity index (χ1) is 16.2. The van der Waals surface area contributed by atoms with Crippen LogP contribution in [0, 0.1) is 22.7 Å². The van der Waals surface area contributed by atoms with Gasteiger partial charge in [0.1, 0.15) is 29.2 Å². The van der Waals surface area contributed by atoms with E-state index in [9.17, 15) is 0 Å². The van der Waals surface area contributed by atoms with Crippen molar-refractivity contribution in [3.8, 4) is 17.8 Å². The molecule has 4 nitrogen and oxygen atoms in total. The van der Waals surface area contributed by atoms with Crippen LogP contribution in [0.5, 0.6) is 0 Å². The van der Waals surface area contributed by atoms with Crippen LogP contribution in [0.3, 0.4) is 0 Å². The molecule has 0 aliphatic carbocycles. The fourth-order valence-corrected chi connectivity index (χ4v) is 4.15. The average Bonchev–Trinajstić information content (AvgIpc) is 3.18. The van der Waals surface area contributed by atoms with E-state index in [1.54, 1.807) is 19.1 Å². The largest absolute Gasteiger partial charge is 0.462 e. The molecule has 33 heavy (non-hydrogen) atoms. The van der Waals surface area contributed by atoms with E-state index in [1.165, 1.54) is 21.8 Å². The smallest absolute Gasteiger partial charge is 0.137 e. The van der Waals surface area contributed by atoms with Gasteiger partial charge in [0.05, 0.1) is 11.0 Å². The second kappa shape index (κ2) is 8.38. The summed E-state index contributed by atoms with van der Waals surface area (Å²) >= 11 is 0. The van der Waals surface area contributed by atoms with Crippen molar-refractivity contribution < 1.29 is 4.74 Å². The summed E-state index contributed by atoms with van der Waals surface area (Å²) in [6, 6.07) is 29.1. The minimum atomic E-state index is 0.0686. The lowest BCUT2D eigenvalue weighted by atomic mass is 10.1. The van der Waals surface area contributed by atoms with Gasteiger partial charge >= 0.3 is 0 Å². The van der Waals surface area contributed by atoms with Crippen LogP contribution in [0.2, 0.25) is 0 Å². The maximum atomic E-state index is 9.15. The van der Waals surface area contributed by atoms with Crippen LogP contribution >= 0.6 is 0 Å². The highest BCUT2D eigenvalue weighted by Crippen LogP contribution is 2.31. The summed E-state index contributed by atoms with van der Waals surface area (Å²) in [6.07, 6.45) is 7.20. The topological polar surface area (TPSA) is 61.7 Å². The third-order valence-corrected chi connectivity index (χ3v) is 5.62. The van der Waals surface area contributed by atoms with Crippen molar-refractivity contribution in [2.75, 3.05) is 0 Å². The number of aromatic nitrogens is 1. The summed E-state index contributed by atoms with van der Waals surface area (Å²) in [5, 5.41) is 20.8. The molecule has 4 aromatic rings. The Labute approximate surface area is 191 Å². The number of allylic oxidation sites excluding steroid dienone is 6. The molecule has 3 aromatic carbocycles. The number of nitrogens with zero attached hydrogens (tertiary/aromatic N) is 3. The van der Waals surface area contributed by atoms with Crippen LogP contribution in [-0.2, 0) is 4.74 Å². The highest BCUT2D eigenvalue weighted by Gasteiger charge is 2.12. The van der Waals surface area contributed by atoms with E-state index >= 15 is 0 Å². The van der Waals surface area contributed by atoms with Gasteiger partial charge in [0.2, 0.25) is 0 Å². The van der Waals surface area contributed by atoms with Gasteiger partial charge in [-0.05, 0) is 55.0 Å². The molecule has 0 N–H and O–H groups in total. The molecule has 0 radical (unpaired) electrons. The summed E-state index contributed by atoms with van der Waals surface area (Å²) < 4.78 is 8.01. The van der Waals surface area contributed by atoms with Crippen molar-refractivity contribution in [1.29, 1.82) is 10.5 Å². The predicted octanol–water partition coefficient (Wildman–Crippen LogP) is 6.96. The zero-order valence-corrected chi connectivity index (χ0v) is 18.0. The Morgan fingerprint density at radius 3 is 2.00 bits per heavy atom. The van der Waals surface area contributed by atoms with Crippen LogP contribution in [0.4, 0.5) is 0 Å². The minimum absolute atomic E-state index is 0.0686. The maximum Gasteiger partial charge on any atom is 0.137 e. The van der Waals surface area contributed by atoms with Crippen molar-refractivity contribution in [3.05, 3.63) is 119 Å². The number of hydrogen-bond acceptors (Lipinski definition) is 3. The Kier molecular flexibility index (Phi) is 5.11.